The number of amides is 1. The Bertz CT molecular complexity index is 815. The van der Waals surface area contributed by atoms with Crippen molar-refractivity contribution in [2.45, 2.75) is 6.54 Å². The molecule has 0 atom stereocenters. The number of halogens is 2. The smallest absolute Gasteiger partial charge is 0.258 e. The van der Waals surface area contributed by atoms with Crippen LogP contribution in [0, 0.1) is 0 Å². The molecule has 0 aliphatic carbocycles. The standard InChI is InChI=1S/C16H13Cl2N3O2/c17-10-5-6-11(18)14(7-10)23-9-16(22)19-8-15-20-12-3-1-2-4-13(12)21-15/h1-7H,8-9H2,(H,19,22)(H,20,21). The van der Waals surface area contributed by atoms with Crippen molar-refractivity contribution in [3.63, 3.8) is 0 Å². The lowest BCUT2D eigenvalue weighted by molar-refractivity contribution is -0.123. The molecule has 0 saturated carbocycles. The number of carbonyl (C=O) groups excluding carboxylic acids is 1. The van der Waals surface area contributed by atoms with Gasteiger partial charge in [-0.1, -0.05) is 35.3 Å². The van der Waals surface area contributed by atoms with E-state index in [1.807, 2.05) is 24.3 Å². The number of hydrogen-bond acceptors (Lipinski definition) is 3. The highest BCUT2D eigenvalue weighted by Gasteiger charge is 2.08. The maximum absolute atomic E-state index is 11.8. The van der Waals surface area contributed by atoms with E-state index in [-0.39, 0.29) is 12.5 Å². The molecule has 2 aromatic carbocycles. The number of nitrogens with one attached hydrogen (secondary N) is 2. The number of aromatic nitrogens is 2. The van der Waals surface area contributed by atoms with Gasteiger partial charge in [0.2, 0.25) is 0 Å². The largest absolute Gasteiger partial charge is 0.482 e. The molecule has 3 aromatic rings. The molecule has 2 N–H and O–H groups in total. The normalized spacial score (nSPS) is 10.7. The number of para-hydroxylation sites is 2. The minimum atomic E-state index is -0.276. The summed E-state index contributed by atoms with van der Waals surface area (Å²) in [6.45, 7) is 0.139. The van der Waals surface area contributed by atoms with Crippen molar-refractivity contribution in [2.75, 3.05) is 6.61 Å². The topological polar surface area (TPSA) is 67.0 Å². The van der Waals surface area contributed by atoms with Crippen molar-refractivity contribution in [1.29, 1.82) is 0 Å². The molecule has 1 amide bonds. The summed E-state index contributed by atoms with van der Waals surface area (Å²) in [5.41, 5.74) is 1.79. The van der Waals surface area contributed by atoms with Gasteiger partial charge in [-0.15, -0.1) is 0 Å². The summed E-state index contributed by atoms with van der Waals surface area (Å²) >= 11 is 11.8. The van der Waals surface area contributed by atoms with Gasteiger partial charge in [0.25, 0.3) is 5.91 Å². The summed E-state index contributed by atoms with van der Waals surface area (Å²) in [6.07, 6.45) is 0. The van der Waals surface area contributed by atoms with Crippen molar-refractivity contribution in [2.24, 2.45) is 0 Å². The van der Waals surface area contributed by atoms with E-state index >= 15 is 0 Å². The second-order valence-electron chi connectivity index (χ2n) is 4.84. The third-order valence-corrected chi connectivity index (χ3v) is 3.69. The summed E-state index contributed by atoms with van der Waals surface area (Å²) in [5.74, 6) is 0.778. The van der Waals surface area contributed by atoms with Crippen molar-refractivity contribution in [1.82, 2.24) is 15.3 Å². The van der Waals surface area contributed by atoms with E-state index in [2.05, 4.69) is 15.3 Å². The van der Waals surface area contributed by atoms with E-state index in [0.717, 1.165) is 11.0 Å². The first-order valence-corrected chi connectivity index (χ1v) is 7.65. The summed E-state index contributed by atoms with van der Waals surface area (Å²) in [7, 11) is 0. The zero-order valence-corrected chi connectivity index (χ0v) is 13.5. The van der Waals surface area contributed by atoms with Crippen LogP contribution in [0.4, 0.5) is 0 Å². The second-order valence-corrected chi connectivity index (χ2v) is 5.68. The van der Waals surface area contributed by atoms with E-state index in [1.54, 1.807) is 18.2 Å². The molecule has 0 fully saturated rings. The fraction of sp³-hybridized carbons (Fsp3) is 0.125. The molecule has 118 valence electrons. The van der Waals surface area contributed by atoms with Gasteiger partial charge < -0.3 is 15.0 Å². The number of ether oxygens (including phenoxy) is 1. The average molecular weight is 350 g/mol. The Hall–Kier alpha value is -2.24. The van der Waals surface area contributed by atoms with E-state index in [1.165, 1.54) is 0 Å². The molecule has 0 unspecified atom stereocenters. The summed E-state index contributed by atoms with van der Waals surface area (Å²) in [4.78, 5) is 19.4. The Kier molecular flexibility index (Phi) is 4.69. The van der Waals surface area contributed by atoms with Crippen LogP contribution in [0.3, 0.4) is 0 Å². The highest BCUT2D eigenvalue weighted by atomic mass is 35.5. The number of H-pyrrole nitrogens is 1. The molecular formula is C16H13Cl2N3O2. The maximum Gasteiger partial charge on any atom is 0.258 e. The van der Waals surface area contributed by atoms with Crippen LogP contribution in [0.15, 0.2) is 42.5 Å². The van der Waals surface area contributed by atoms with Crippen LogP contribution in [-0.2, 0) is 11.3 Å². The average Bonchev–Trinajstić information content (AvgIpc) is 2.96. The Balaban J connectivity index is 1.54. The van der Waals surface area contributed by atoms with E-state index < -0.39 is 0 Å². The maximum atomic E-state index is 11.8. The fourth-order valence-corrected chi connectivity index (χ4v) is 2.39. The van der Waals surface area contributed by atoms with Crippen LogP contribution in [0.25, 0.3) is 11.0 Å². The van der Waals surface area contributed by atoms with Gasteiger partial charge in [0.15, 0.2) is 6.61 Å². The van der Waals surface area contributed by atoms with Gasteiger partial charge in [0.05, 0.1) is 22.6 Å². The van der Waals surface area contributed by atoms with Crippen LogP contribution in [0.2, 0.25) is 10.0 Å². The third-order valence-electron chi connectivity index (χ3n) is 3.14. The van der Waals surface area contributed by atoms with Crippen molar-refractivity contribution in [3.8, 4) is 5.75 Å². The van der Waals surface area contributed by atoms with Gasteiger partial charge in [-0.3, -0.25) is 4.79 Å². The number of fused-ring (bicyclic) bond motifs is 1. The molecule has 0 radical (unpaired) electrons. The predicted octanol–water partition coefficient (Wildman–Crippen LogP) is 3.56. The first-order chi connectivity index (χ1) is 11.1. The summed E-state index contributed by atoms with van der Waals surface area (Å²) < 4.78 is 5.37. The van der Waals surface area contributed by atoms with Crippen LogP contribution < -0.4 is 10.1 Å². The quantitative estimate of drug-likeness (QED) is 0.739. The molecule has 1 aromatic heterocycles. The number of rotatable bonds is 5. The van der Waals surface area contributed by atoms with Crippen molar-refractivity contribution in [3.05, 3.63) is 58.3 Å². The SMILES string of the molecule is O=C(COc1cc(Cl)ccc1Cl)NCc1nc2ccccc2[nH]1. The van der Waals surface area contributed by atoms with Crippen LogP contribution >= 0.6 is 23.2 Å². The van der Waals surface area contributed by atoms with E-state index in [9.17, 15) is 4.79 Å². The highest BCUT2D eigenvalue weighted by molar-refractivity contribution is 6.34. The van der Waals surface area contributed by atoms with Gasteiger partial charge in [-0.25, -0.2) is 4.98 Å². The number of carbonyl (C=O) groups is 1. The molecule has 7 heteroatoms. The number of imidazole rings is 1. The Morgan fingerprint density at radius 3 is 2.87 bits per heavy atom. The molecular weight excluding hydrogens is 337 g/mol. The lowest BCUT2D eigenvalue weighted by Gasteiger charge is -2.08. The van der Waals surface area contributed by atoms with E-state index in [0.29, 0.717) is 28.2 Å². The van der Waals surface area contributed by atoms with Crippen LogP contribution in [0.5, 0.6) is 5.75 Å². The van der Waals surface area contributed by atoms with Crippen molar-refractivity contribution < 1.29 is 9.53 Å². The van der Waals surface area contributed by atoms with E-state index in [4.69, 9.17) is 27.9 Å². The van der Waals surface area contributed by atoms with Gasteiger partial charge in [-0.05, 0) is 24.3 Å². The second kappa shape index (κ2) is 6.89. The monoisotopic (exact) mass is 349 g/mol. The fourth-order valence-electron chi connectivity index (χ4n) is 2.05. The number of nitrogens with zero attached hydrogens (tertiary/aromatic N) is 1. The predicted molar refractivity (Wildman–Crippen MR) is 89.9 cm³/mol. The minimum absolute atomic E-state index is 0.152. The van der Waals surface area contributed by atoms with Gasteiger partial charge in [0, 0.05) is 11.1 Å². The molecule has 23 heavy (non-hydrogen) atoms. The minimum Gasteiger partial charge on any atom is -0.482 e. The molecule has 0 aliphatic rings. The van der Waals surface area contributed by atoms with Crippen LogP contribution in [0.1, 0.15) is 5.82 Å². The van der Waals surface area contributed by atoms with Crippen LogP contribution in [-0.4, -0.2) is 22.5 Å². The third kappa shape index (κ3) is 3.94. The molecule has 0 bridgehead atoms. The van der Waals surface area contributed by atoms with Crippen molar-refractivity contribution >= 4 is 40.1 Å². The highest BCUT2D eigenvalue weighted by Crippen LogP contribution is 2.27. The number of aromatic amines is 1. The molecule has 0 aliphatic heterocycles. The zero-order chi connectivity index (χ0) is 16.2. The molecule has 1 heterocycles. The number of hydrogen-bond donors (Lipinski definition) is 2. The first kappa shape index (κ1) is 15.6. The lowest BCUT2D eigenvalue weighted by Crippen LogP contribution is -2.28. The van der Waals surface area contributed by atoms with Gasteiger partial charge in [-0.2, -0.15) is 0 Å². The first-order valence-electron chi connectivity index (χ1n) is 6.90. The Morgan fingerprint density at radius 1 is 1.22 bits per heavy atom. The number of benzene rings is 2. The summed E-state index contributed by atoms with van der Waals surface area (Å²) in [5, 5.41) is 3.63. The zero-order valence-electron chi connectivity index (χ0n) is 12.0. The molecule has 0 spiro atoms. The molecule has 5 nitrogen and oxygen atoms in total. The Morgan fingerprint density at radius 2 is 2.04 bits per heavy atom. The van der Waals surface area contributed by atoms with Gasteiger partial charge >= 0.3 is 0 Å². The Labute approximate surface area is 142 Å². The molecule has 3 rings (SSSR count). The lowest BCUT2D eigenvalue weighted by atomic mass is 10.3. The summed E-state index contributed by atoms with van der Waals surface area (Å²) in [6, 6.07) is 12.5. The van der Waals surface area contributed by atoms with Gasteiger partial charge in [0.1, 0.15) is 11.6 Å². The molecule has 0 saturated heterocycles.